The maximum absolute atomic E-state index is 13.7. The Morgan fingerprint density at radius 1 is 0.892 bits per heavy atom. The van der Waals surface area contributed by atoms with E-state index in [0.29, 0.717) is 43.5 Å². The Kier molecular flexibility index (Phi) is 7.99. The Bertz CT molecular complexity index is 1320. The van der Waals surface area contributed by atoms with Gasteiger partial charge < -0.3 is 14.7 Å². The molecular weight excluding hydrogens is 486 g/mol. The van der Waals surface area contributed by atoms with Crippen LogP contribution in [0.1, 0.15) is 17.0 Å². The number of aromatic nitrogens is 1. The second kappa shape index (κ2) is 11.7. The molecule has 1 N–H and O–H groups in total. The molecule has 0 spiro atoms. The van der Waals surface area contributed by atoms with Crippen molar-refractivity contribution in [3.05, 3.63) is 107 Å². The first-order valence-electron chi connectivity index (χ1n) is 12.5. The molecule has 1 fully saturated rings. The maximum Gasteiger partial charge on any atom is 0.234 e. The lowest BCUT2D eigenvalue weighted by molar-refractivity contribution is -0.133. The van der Waals surface area contributed by atoms with E-state index in [0.717, 1.165) is 22.0 Å². The number of β-amino-alcohol motifs (C(OH)–C–C–N with tert-alkyl or cyclic N) is 1. The van der Waals surface area contributed by atoms with Crippen molar-refractivity contribution >= 4 is 28.4 Å². The topological polar surface area (TPSA) is 65.9 Å². The number of aliphatic hydroxyl groups excluding tert-OH is 1. The number of benzene rings is 3. The highest BCUT2D eigenvalue weighted by molar-refractivity contribution is 6.30. The van der Waals surface area contributed by atoms with Gasteiger partial charge in [0, 0.05) is 49.3 Å². The van der Waals surface area contributed by atoms with Gasteiger partial charge in [0.15, 0.2) is 0 Å². The number of carbonyl (C=O) groups excluding carboxylic acids is 1. The smallest absolute Gasteiger partial charge is 0.234 e. The summed E-state index contributed by atoms with van der Waals surface area (Å²) in [4.78, 5) is 22.1. The second-order valence-electron chi connectivity index (χ2n) is 9.31. The van der Waals surface area contributed by atoms with Crippen molar-refractivity contribution in [2.24, 2.45) is 0 Å². The van der Waals surface area contributed by atoms with Gasteiger partial charge in [-0.05, 0) is 47.5 Å². The third-order valence-corrected chi connectivity index (χ3v) is 7.02. The summed E-state index contributed by atoms with van der Waals surface area (Å²) in [5, 5.41) is 12.2. The largest absolute Gasteiger partial charge is 0.490 e. The number of hydrogen-bond acceptors (Lipinski definition) is 5. The number of amides is 1. The molecule has 2 atom stereocenters. The second-order valence-corrected chi connectivity index (χ2v) is 9.75. The molecule has 4 aromatic rings. The van der Waals surface area contributed by atoms with E-state index >= 15 is 0 Å². The van der Waals surface area contributed by atoms with Gasteiger partial charge >= 0.3 is 0 Å². The van der Waals surface area contributed by atoms with E-state index in [1.165, 1.54) is 0 Å². The van der Waals surface area contributed by atoms with E-state index in [1.54, 1.807) is 6.20 Å². The minimum atomic E-state index is -0.639. The predicted octanol–water partition coefficient (Wildman–Crippen LogP) is 4.60. The zero-order chi connectivity index (χ0) is 25.6. The van der Waals surface area contributed by atoms with Gasteiger partial charge in [-0.15, -0.1) is 0 Å². The summed E-state index contributed by atoms with van der Waals surface area (Å²) in [5.74, 6) is 0.426. The number of rotatable bonds is 8. The first-order valence-corrected chi connectivity index (χ1v) is 12.9. The number of pyridine rings is 1. The first kappa shape index (κ1) is 25.2. The van der Waals surface area contributed by atoms with Gasteiger partial charge in [-0.2, -0.15) is 0 Å². The number of halogens is 1. The highest BCUT2D eigenvalue weighted by Gasteiger charge is 2.30. The van der Waals surface area contributed by atoms with Crippen LogP contribution in [0.3, 0.4) is 0 Å². The third-order valence-electron chi connectivity index (χ3n) is 6.77. The summed E-state index contributed by atoms with van der Waals surface area (Å²) in [7, 11) is 0. The Morgan fingerprint density at radius 3 is 2.38 bits per heavy atom. The molecule has 0 aliphatic carbocycles. The molecule has 5 rings (SSSR count). The van der Waals surface area contributed by atoms with Crippen molar-refractivity contribution in [2.75, 3.05) is 39.3 Å². The molecule has 6 nitrogen and oxygen atoms in total. The van der Waals surface area contributed by atoms with Crippen LogP contribution in [0.25, 0.3) is 10.9 Å². The summed E-state index contributed by atoms with van der Waals surface area (Å²) in [6.45, 7) is 3.30. The monoisotopic (exact) mass is 515 g/mol. The van der Waals surface area contributed by atoms with Crippen molar-refractivity contribution < 1.29 is 14.6 Å². The van der Waals surface area contributed by atoms with E-state index in [9.17, 15) is 9.90 Å². The molecule has 3 aromatic carbocycles. The van der Waals surface area contributed by atoms with Crippen LogP contribution < -0.4 is 4.74 Å². The molecule has 1 aliphatic rings. The van der Waals surface area contributed by atoms with Gasteiger partial charge in [-0.1, -0.05) is 60.1 Å². The average Bonchev–Trinajstić information content (AvgIpc) is 2.94. The summed E-state index contributed by atoms with van der Waals surface area (Å²) in [6, 6.07) is 27.0. The highest BCUT2D eigenvalue weighted by atomic mass is 35.5. The molecule has 2 unspecified atom stereocenters. The van der Waals surface area contributed by atoms with E-state index in [4.69, 9.17) is 16.3 Å². The van der Waals surface area contributed by atoms with Gasteiger partial charge in [0.25, 0.3) is 0 Å². The maximum atomic E-state index is 13.7. The van der Waals surface area contributed by atoms with Crippen molar-refractivity contribution in [1.29, 1.82) is 0 Å². The molecule has 1 saturated heterocycles. The number of aliphatic hydroxyl groups is 1. The minimum Gasteiger partial charge on any atom is -0.490 e. The first-order chi connectivity index (χ1) is 18.1. The molecule has 1 aliphatic heterocycles. The normalized spacial score (nSPS) is 15.9. The fraction of sp³-hybridized carbons (Fsp3) is 0.267. The molecule has 0 saturated carbocycles. The van der Waals surface area contributed by atoms with Crippen LogP contribution in [-0.2, 0) is 4.79 Å². The van der Waals surface area contributed by atoms with Crippen LogP contribution in [0.5, 0.6) is 5.75 Å². The number of carbonyl (C=O) groups is 1. The Balaban J connectivity index is 1.17. The summed E-state index contributed by atoms with van der Waals surface area (Å²) in [5.41, 5.74) is 2.76. The summed E-state index contributed by atoms with van der Waals surface area (Å²) in [6.07, 6.45) is 1.11. The Labute approximate surface area is 222 Å². The van der Waals surface area contributed by atoms with Gasteiger partial charge in [-0.3, -0.25) is 14.7 Å². The lowest BCUT2D eigenvalue weighted by Crippen LogP contribution is -2.52. The number of piperazine rings is 1. The Morgan fingerprint density at radius 2 is 1.62 bits per heavy atom. The van der Waals surface area contributed by atoms with Gasteiger partial charge in [0.2, 0.25) is 5.91 Å². The molecule has 2 heterocycles. The van der Waals surface area contributed by atoms with Crippen LogP contribution in [-0.4, -0.2) is 71.2 Å². The molecular formula is C30H30ClN3O3. The Hall–Kier alpha value is -3.45. The van der Waals surface area contributed by atoms with Crippen molar-refractivity contribution in [3.63, 3.8) is 0 Å². The number of ether oxygens (including phenoxy) is 1. The SMILES string of the molecule is O=C(C(c1ccccc1)c1ccc(Cl)cc1)N1CCN(CC(O)COc2cccc3ncccc23)CC1. The third kappa shape index (κ3) is 6.10. The fourth-order valence-corrected chi connectivity index (χ4v) is 4.98. The molecule has 190 valence electrons. The minimum absolute atomic E-state index is 0.0848. The van der Waals surface area contributed by atoms with Crippen LogP contribution in [0.2, 0.25) is 5.02 Å². The van der Waals surface area contributed by atoms with Gasteiger partial charge in [0.05, 0.1) is 11.4 Å². The van der Waals surface area contributed by atoms with Crippen LogP contribution in [0, 0.1) is 0 Å². The standard InChI is InChI=1S/C30H30ClN3O3/c31-24-13-11-23(12-14-24)29(22-6-2-1-3-7-22)30(36)34-18-16-33(17-19-34)20-25(35)21-37-28-10-4-9-27-26(28)8-5-15-32-27/h1-15,25,29,35H,16-21H2. The van der Waals surface area contributed by atoms with Crippen LogP contribution in [0.15, 0.2) is 91.1 Å². The lowest BCUT2D eigenvalue weighted by atomic mass is 9.90. The highest BCUT2D eigenvalue weighted by Crippen LogP contribution is 2.29. The zero-order valence-corrected chi connectivity index (χ0v) is 21.3. The van der Waals surface area contributed by atoms with Gasteiger partial charge in [0.1, 0.15) is 18.5 Å². The van der Waals surface area contributed by atoms with Crippen LogP contribution >= 0.6 is 11.6 Å². The number of nitrogens with zero attached hydrogens (tertiary/aromatic N) is 3. The lowest BCUT2D eigenvalue weighted by Gasteiger charge is -2.37. The molecule has 0 bridgehead atoms. The number of fused-ring (bicyclic) bond motifs is 1. The van der Waals surface area contributed by atoms with Crippen molar-refractivity contribution in [3.8, 4) is 5.75 Å². The summed E-state index contributed by atoms with van der Waals surface area (Å²) >= 11 is 6.10. The molecule has 37 heavy (non-hydrogen) atoms. The molecule has 7 heteroatoms. The average molecular weight is 516 g/mol. The molecule has 0 radical (unpaired) electrons. The zero-order valence-electron chi connectivity index (χ0n) is 20.5. The van der Waals surface area contributed by atoms with E-state index in [1.807, 2.05) is 89.8 Å². The van der Waals surface area contributed by atoms with E-state index in [2.05, 4.69) is 9.88 Å². The summed E-state index contributed by atoms with van der Waals surface area (Å²) < 4.78 is 5.93. The fourth-order valence-electron chi connectivity index (χ4n) is 4.85. The predicted molar refractivity (Wildman–Crippen MR) is 146 cm³/mol. The number of hydrogen-bond donors (Lipinski definition) is 1. The van der Waals surface area contributed by atoms with Crippen molar-refractivity contribution in [2.45, 2.75) is 12.0 Å². The van der Waals surface area contributed by atoms with Crippen molar-refractivity contribution in [1.82, 2.24) is 14.8 Å². The van der Waals surface area contributed by atoms with Gasteiger partial charge in [-0.25, -0.2) is 0 Å². The molecule has 1 amide bonds. The van der Waals surface area contributed by atoms with E-state index in [-0.39, 0.29) is 18.4 Å². The molecule has 1 aromatic heterocycles. The van der Waals surface area contributed by atoms with Crippen LogP contribution in [0.4, 0.5) is 0 Å². The van der Waals surface area contributed by atoms with E-state index < -0.39 is 6.10 Å². The quantitative estimate of drug-likeness (QED) is 0.371.